The predicted octanol–water partition coefficient (Wildman–Crippen LogP) is 3.90. The molecule has 1 aromatic heterocycles. The second-order valence-electron chi connectivity index (χ2n) is 12.5. The summed E-state index contributed by atoms with van der Waals surface area (Å²) >= 11 is 0. The first kappa shape index (κ1) is 29.1. The zero-order valence-corrected chi connectivity index (χ0v) is 24.6. The summed E-state index contributed by atoms with van der Waals surface area (Å²) in [6.45, 7) is 6.09. The number of ether oxygens (including phenoxy) is 4. The Bertz CT molecular complexity index is 1340. The highest BCUT2D eigenvalue weighted by atomic mass is 17.3. The maximum Gasteiger partial charge on any atom is 0.328 e. The van der Waals surface area contributed by atoms with Crippen LogP contribution in [-0.2, 0) is 49.5 Å². The van der Waals surface area contributed by atoms with Crippen LogP contribution in [0, 0.1) is 23.7 Å². The molecule has 2 aromatic rings. The molecule has 42 heavy (non-hydrogen) atoms. The second kappa shape index (κ2) is 11.3. The van der Waals surface area contributed by atoms with Crippen LogP contribution in [0.3, 0.4) is 0 Å². The third kappa shape index (κ3) is 5.10. The van der Waals surface area contributed by atoms with Crippen LogP contribution >= 0.6 is 0 Å². The molecule has 1 aromatic carbocycles. The number of hydrogen-bond donors (Lipinski definition) is 2. The van der Waals surface area contributed by atoms with Crippen molar-refractivity contribution in [1.82, 2.24) is 10.3 Å². The average molecular weight is 585 g/mol. The van der Waals surface area contributed by atoms with E-state index >= 15 is 0 Å². The molecule has 11 nitrogen and oxygen atoms in total. The number of hydrogen-bond acceptors (Lipinski definition) is 9. The van der Waals surface area contributed by atoms with E-state index in [9.17, 15) is 14.4 Å². The van der Waals surface area contributed by atoms with Crippen molar-refractivity contribution < 1.29 is 43.1 Å². The molecule has 11 heteroatoms. The number of carbonyl (C=O) groups excluding carboxylic acids is 3. The maximum atomic E-state index is 12.9. The van der Waals surface area contributed by atoms with E-state index in [0.29, 0.717) is 12.3 Å². The molecule has 4 aliphatic heterocycles. The molecule has 1 aliphatic carbocycles. The monoisotopic (exact) mass is 584 g/mol. The van der Waals surface area contributed by atoms with E-state index < -0.39 is 47.9 Å². The summed E-state index contributed by atoms with van der Waals surface area (Å²) in [4.78, 5) is 53.4. The van der Waals surface area contributed by atoms with E-state index in [1.165, 1.54) is 7.11 Å². The number of benzene rings is 1. The van der Waals surface area contributed by atoms with Crippen molar-refractivity contribution in [3.63, 3.8) is 0 Å². The quantitative estimate of drug-likeness (QED) is 0.350. The summed E-state index contributed by atoms with van der Waals surface area (Å²) < 4.78 is 23.3. The molecule has 1 amide bonds. The van der Waals surface area contributed by atoms with Gasteiger partial charge in [0.1, 0.15) is 6.04 Å². The molecule has 9 atom stereocenters. The molecule has 0 radical (unpaired) electrons. The van der Waals surface area contributed by atoms with Crippen molar-refractivity contribution in [2.24, 2.45) is 23.7 Å². The van der Waals surface area contributed by atoms with Crippen molar-refractivity contribution in [1.29, 1.82) is 0 Å². The van der Waals surface area contributed by atoms with Gasteiger partial charge in [-0.05, 0) is 49.7 Å². The minimum Gasteiger partial charge on any atom is -0.467 e. The smallest absolute Gasteiger partial charge is 0.328 e. The number of esters is 2. The summed E-state index contributed by atoms with van der Waals surface area (Å²) in [6.07, 6.45) is 3.70. The van der Waals surface area contributed by atoms with E-state index in [4.69, 9.17) is 28.7 Å². The Balaban J connectivity index is 1.07. The Morgan fingerprint density at radius 2 is 1.90 bits per heavy atom. The van der Waals surface area contributed by atoms with Gasteiger partial charge in [-0.2, -0.15) is 0 Å². The number of rotatable bonds is 8. The minimum absolute atomic E-state index is 0.0199. The van der Waals surface area contributed by atoms with Crippen molar-refractivity contribution in [3.8, 4) is 0 Å². The number of amides is 1. The molecule has 2 N–H and O–H groups in total. The number of methoxy groups -OCH3 is 1. The van der Waals surface area contributed by atoms with Gasteiger partial charge in [0, 0.05) is 48.2 Å². The van der Waals surface area contributed by atoms with E-state index in [0.717, 1.165) is 35.7 Å². The lowest BCUT2D eigenvalue weighted by atomic mass is 9.58. The van der Waals surface area contributed by atoms with Crippen LogP contribution < -0.4 is 5.32 Å². The van der Waals surface area contributed by atoms with Crippen LogP contribution in [0.2, 0.25) is 0 Å². The third-order valence-electron chi connectivity index (χ3n) is 9.82. The molecule has 5 fully saturated rings. The van der Waals surface area contributed by atoms with Crippen molar-refractivity contribution >= 4 is 28.7 Å². The molecule has 228 valence electrons. The Hall–Kier alpha value is -2.99. The number of carbonyl (C=O) groups is 3. The first-order valence-electron chi connectivity index (χ1n) is 15.0. The molecule has 0 unspecified atom stereocenters. The van der Waals surface area contributed by atoms with Gasteiger partial charge in [0.15, 0.2) is 11.9 Å². The number of aromatic nitrogens is 1. The highest BCUT2D eigenvalue weighted by Crippen LogP contribution is 2.60. The first-order valence-corrected chi connectivity index (χ1v) is 15.0. The van der Waals surface area contributed by atoms with Gasteiger partial charge < -0.3 is 29.2 Å². The SMILES string of the molecule is COC(=O)[C@H](Cc1c[nH]c2ccccc12)NC(=O)CCC(=O)O[C@@H]1O[C@@H]2O[C@@]3(C)CC[C@H]4[C@H](C)CC[C@@H]([C@H]1C)[C@@]24OO3. The standard InChI is InChI=1S/C31H40N2O9/c1-17-9-10-22-18(2)28(39-29-31(22)21(17)13-14-30(3,40-29)41-42-31)38-26(35)12-11-25(34)33-24(27(36)37-4)15-19-16-32-23-8-6-5-7-20(19)23/h5-8,16-18,21-22,24,28-29,32H,9-15H2,1-4H3,(H,33,34)/t17-,18-,21+,22+,24+,28-,29-,30-,31-/m1/s1. The maximum absolute atomic E-state index is 12.9. The fraction of sp³-hybridized carbons (Fsp3) is 0.645. The molecular formula is C31H40N2O9. The fourth-order valence-corrected chi connectivity index (χ4v) is 7.53. The lowest BCUT2D eigenvalue weighted by molar-refractivity contribution is -0.576. The van der Waals surface area contributed by atoms with E-state index in [-0.39, 0.29) is 37.0 Å². The largest absolute Gasteiger partial charge is 0.467 e. The van der Waals surface area contributed by atoms with Gasteiger partial charge in [0.05, 0.1) is 13.5 Å². The van der Waals surface area contributed by atoms with Gasteiger partial charge in [-0.15, -0.1) is 0 Å². The number of para-hydroxylation sites is 1. The lowest BCUT2D eigenvalue weighted by Gasteiger charge is -2.59. The number of H-pyrrole nitrogens is 1. The van der Waals surface area contributed by atoms with Crippen LogP contribution in [0.5, 0.6) is 0 Å². The Morgan fingerprint density at radius 1 is 1.10 bits per heavy atom. The summed E-state index contributed by atoms with van der Waals surface area (Å²) in [5.41, 5.74) is 1.06. The Labute approximate surface area is 244 Å². The number of aromatic amines is 1. The van der Waals surface area contributed by atoms with Crippen LogP contribution in [-0.4, -0.2) is 59.9 Å². The van der Waals surface area contributed by atoms with E-state index in [1.807, 2.05) is 44.3 Å². The zero-order valence-electron chi connectivity index (χ0n) is 24.6. The van der Waals surface area contributed by atoms with Crippen LogP contribution in [0.15, 0.2) is 30.5 Å². The number of fused-ring (bicyclic) bond motifs is 3. The summed E-state index contributed by atoms with van der Waals surface area (Å²) in [6, 6.07) is 6.81. The van der Waals surface area contributed by atoms with Gasteiger partial charge in [-0.1, -0.05) is 32.0 Å². The van der Waals surface area contributed by atoms with E-state index in [1.54, 1.807) is 0 Å². The first-order chi connectivity index (χ1) is 20.1. The normalized spacial score (nSPS) is 36.0. The number of nitrogens with one attached hydrogen (secondary N) is 2. The minimum atomic E-state index is -0.923. The highest BCUT2D eigenvalue weighted by molar-refractivity contribution is 5.88. The highest BCUT2D eigenvalue weighted by Gasteiger charge is 2.69. The van der Waals surface area contributed by atoms with Crippen LogP contribution in [0.4, 0.5) is 0 Å². The molecule has 5 heterocycles. The van der Waals surface area contributed by atoms with Gasteiger partial charge in [0.25, 0.3) is 0 Å². The molecule has 1 saturated carbocycles. The van der Waals surface area contributed by atoms with Crippen molar-refractivity contribution in [2.45, 2.75) is 95.7 Å². The van der Waals surface area contributed by atoms with E-state index in [2.05, 4.69) is 17.2 Å². The van der Waals surface area contributed by atoms with Gasteiger partial charge in [0.2, 0.25) is 18.0 Å². The van der Waals surface area contributed by atoms with Gasteiger partial charge in [-0.3, -0.25) is 9.59 Å². The van der Waals surface area contributed by atoms with Crippen LogP contribution in [0.1, 0.15) is 64.9 Å². The second-order valence-corrected chi connectivity index (χ2v) is 12.5. The Morgan fingerprint density at radius 3 is 2.71 bits per heavy atom. The molecule has 1 spiro atoms. The summed E-state index contributed by atoms with van der Waals surface area (Å²) in [5, 5.41) is 3.68. The fourth-order valence-electron chi connectivity index (χ4n) is 7.53. The molecular weight excluding hydrogens is 544 g/mol. The zero-order chi connectivity index (χ0) is 29.6. The predicted molar refractivity (Wildman–Crippen MR) is 148 cm³/mol. The van der Waals surface area contributed by atoms with Gasteiger partial charge in [-0.25, -0.2) is 14.6 Å². The Kier molecular flexibility index (Phi) is 7.80. The molecule has 5 aliphatic rings. The average Bonchev–Trinajstić information content (AvgIpc) is 3.24. The van der Waals surface area contributed by atoms with Gasteiger partial charge >= 0.3 is 11.9 Å². The van der Waals surface area contributed by atoms with Crippen molar-refractivity contribution in [3.05, 3.63) is 36.0 Å². The molecule has 4 saturated heterocycles. The van der Waals surface area contributed by atoms with Crippen molar-refractivity contribution in [2.75, 3.05) is 7.11 Å². The topological polar surface area (TPSA) is 134 Å². The summed E-state index contributed by atoms with van der Waals surface area (Å²) in [5.74, 6) is -2.01. The molecule has 7 rings (SSSR count). The van der Waals surface area contributed by atoms with Crippen LogP contribution in [0.25, 0.3) is 10.9 Å². The summed E-state index contributed by atoms with van der Waals surface area (Å²) in [7, 11) is 1.28. The lowest BCUT2D eigenvalue weighted by Crippen LogP contribution is -2.70. The molecule has 2 bridgehead atoms. The third-order valence-corrected chi connectivity index (χ3v) is 9.82.